The summed E-state index contributed by atoms with van der Waals surface area (Å²) >= 11 is 0. The molecule has 1 atom stereocenters. The molecular weight excluding hydrogens is 376 g/mol. The van der Waals surface area contributed by atoms with Gasteiger partial charge < -0.3 is 9.64 Å². The first-order chi connectivity index (χ1) is 14.3. The van der Waals surface area contributed by atoms with E-state index in [0.29, 0.717) is 13.0 Å². The van der Waals surface area contributed by atoms with Crippen LogP contribution in [0.15, 0.2) is 42.5 Å². The van der Waals surface area contributed by atoms with Crippen molar-refractivity contribution >= 4 is 17.3 Å². The zero-order valence-corrected chi connectivity index (χ0v) is 18.6. The standard InChI is InChI=1S/C24H30N4O2/c1-7-20(10-9-17(3)15-25)28-19(5)23(18(4)26-28)16-30-22-13-11-21(12-14-22)27(6)24(29)8-2/h7,9-14,17H,8,16H2,1-6H3/b10-9-,20-7+. The predicted molar refractivity (Wildman–Crippen MR) is 120 cm³/mol. The van der Waals surface area contributed by atoms with Gasteiger partial charge in [-0.2, -0.15) is 10.4 Å². The number of aryl methyl sites for hydroxylation is 1. The maximum Gasteiger partial charge on any atom is 0.226 e. The number of amides is 1. The largest absolute Gasteiger partial charge is 0.489 e. The fourth-order valence-electron chi connectivity index (χ4n) is 3.01. The maximum absolute atomic E-state index is 11.8. The van der Waals surface area contributed by atoms with E-state index < -0.39 is 0 Å². The third kappa shape index (κ3) is 5.38. The molecule has 0 spiro atoms. The van der Waals surface area contributed by atoms with Gasteiger partial charge in [0.15, 0.2) is 0 Å². The van der Waals surface area contributed by atoms with Crippen LogP contribution in [0.3, 0.4) is 0 Å². The molecule has 0 fully saturated rings. The SMILES string of the molecule is C/C=C(\C=C/C(C)C#N)n1nc(C)c(COc2ccc(N(C)C(=O)CC)cc2)c1C. The van der Waals surface area contributed by atoms with Crippen LogP contribution >= 0.6 is 0 Å². The van der Waals surface area contributed by atoms with E-state index in [-0.39, 0.29) is 11.8 Å². The van der Waals surface area contributed by atoms with E-state index in [1.807, 2.05) is 81.8 Å². The first-order valence-electron chi connectivity index (χ1n) is 10.1. The smallest absolute Gasteiger partial charge is 0.226 e. The summed E-state index contributed by atoms with van der Waals surface area (Å²) in [7, 11) is 1.77. The Balaban J connectivity index is 2.14. The molecular formula is C24H30N4O2. The fourth-order valence-corrected chi connectivity index (χ4v) is 3.01. The van der Waals surface area contributed by atoms with E-state index in [0.717, 1.165) is 34.1 Å². The lowest BCUT2D eigenvalue weighted by atomic mass is 10.2. The van der Waals surface area contributed by atoms with Crippen LogP contribution in [0.4, 0.5) is 5.69 Å². The molecule has 0 saturated heterocycles. The van der Waals surface area contributed by atoms with Crippen LogP contribution in [0, 0.1) is 31.1 Å². The second-order valence-electron chi connectivity index (χ2n) is 7.14. The number of benzene rings is 1. The van der Waals surface area contributed by atoms with Crippen molar-refractivity contribution in [1.82, 2.24) is 9.78 Å². The Morgan fingerprint density at radius 3 is 2.57 bits per heavy atom. The fraction of sp³-hybridized carbons (Fsp3) is 0.375. The Kier molecular flexibility index (Phi) is 7.99. The number of carbonyl (C=O) groups is 1. The van der Waals surface area contributed by atoms with Gasteiger partial charge in [0.05, 0.1) is 23.4 Å². The quantitative estimate of drug-likeness (QED) is 0.577. The van der Waals surface area contributed by atoms with Crippen molar-refractivity contribution in [2.24, 2.45) is 5.92 Å². The van der Waals surface area contributed by atoms with Gasteiger partial charge in [-0.1, -0.05) is 19.1 Å². The van der Waals surface area contributed by atoms with Crippen LogP contribution in [0.5, 0.6) is 5.75 Å². The van der Waals surface area contributed by atoms with Crippen molar-refractivity contribution < 1.29 is 9.53 Å². The van der Waals surface area contributed by atoms with Crippen LogP contribution < -0.4 is 9.64 Å². The van der Waals surface area contributed by atoms with Crippen LogP contribution in [0.2, 0.25) is 0 Å². The van der Waals surface area contributed by atoms with Crippen LogP contribution in [0.25, 0.3) is 5.70 Å². The molecule has 6 nitrogen and oxygen atoms in total. The highest BCUT2D eigenvalue weighted by molar-refractivity contribution is 5.92. The van der Waals surface area contributed by atoms with Gasteiger partial charge in [0.2, 0.25) is 5.91 Å². The van der Waals surface area contributed by atoms with Gasteiger partial charge in [0.1, 0.15) is 12.4 Å². The average Bonchev–Trinajstić information content (AvgIpc) is 3.05. The Morgan fingerprint density at radius 2 is 2.00 bits per heavy atom. The highest BCUT2D eigenvalue weighted by atomic mass is 16.5. The van der Waals surface area contributed by atoms with Crippen LogP contribution in [-0.2, 0) is 11.4 Å². The number of anilines is 1. The summed E-state index contributed by atoms with van der Waals surface area (Å²) in [5.41, 5.74) is 4.68. The number of hydrogen-bond acceptors (Lipinski definition) is 4. The van der Waals surface area contributed by atoms with Crippen molar-refractivity contribution in [3.63, 3.8) is 0 Å². The molecule has 0 N–H and O–H groups in total. The number of nitrogens with zero attached hydrogens (tertiary/aromatic N) is 4. The Morgan fingerprint density at radius 1 is 1.33 bits per heavy atom. The van der Waals surface area contributed by atoms with Crippen molar-refractivity contribution in [2.75, 3.05) is 11.9 Å². The van der Waals surface area contributed by atoms with Gasteiger partial charge in [0.25, 0.3) is 0 Å². The van der Waals surface area contributed by atoms with Gasteiger partial charge in [-0.15, -0.1) is 0 Å². The third-order valence-corrected chi connectivity index (χ3v) is 5.02. The Hall–Kier alpha value is -3.33. The molecule has 1 amide bonds. The van der Waals surface area contributed by atoms with Crippen molar-refractivity contribution in [3.8, 4) is 11.8 Å². The van der Waals surface area contributed by atoms with Crippen molar-refractivity contribution in [1.29, 1.82) is 5.26 Å². The summed E-state index contributed by atoms with van der Waals surface area (Å²) < 4.78 is 7.86. The number of aromatic nitrogens is 2. The van der Waals surface area contributed by atoms with Crippen LogP contribution in [0.1, 0.15) is 44.1 Å². The predicted octanol–water partition coefficient (Wildman–Crippen LogP) is 5.03. The number of nitriles is 1. The Bertz CT molecular complexity index is 978. The zero-order valence-electron chi connectivity index (χ0n) is 18.6. The van der Waals surface area contributed by atoms with E-state index in [2.05, 4.69) is 11.2 Å². The molecule has 1 aromatic carbocycles. The molecule has 1 aromatic heterocycles. The van der Waals surface area contributed by atoms with E-state index in [1.165, 1.54) is 0 Å². The van der Waals surface area contributed by atoms with Crippen molar-refractivity contribution in [3.05, 3.63) is 59.4 Å². The first-order valence-corrected chi connectivity index (χ1v) is 10.1. The van der Waals surface area contributed by atoms with Gasteiger partial charge in [-0.25, -0.2) is 4.68 Å². The molecule has 0 aliphatic rings. The van der Waals surface area contributed by atoms with E-state index in [1.54, 1.807) is 11.9 Å². The average molecular weight is 407 g/mol. The minimum Gasteiger partial charge on any atom is -0.489 e. The molecule has 158 valence electrons. The lowest BCUT2D eigenvalue weighted by Crippen LogP contribution is -2.24. The summed E-state index contributed by atoms with van der Waals surface area (Å²) in [6, 6.07) is 9.70. The van der Waals surface area contributed by atoms with Crippen LogP contribution in [-0.4, -0.2) is 22.7 Å². The molecule has 0 saturated carbocycles. The van der Waals surface area contributed by atoms with E-state index in [9.17, 15) is 4.79 Å². The molecule has 0 aliphatic heterocycles. The van der Waals surface area contributed by atoms with Gasteiger partial charge in [-0.3, -0.25) is 4.79 Å². The highest BCUT2D eigenvalue weighted by Crippen LogP contribution is 2.23. The molecule has 0 aliphatic carbocycles. The van der Waals surface area contributed by atoms with E-state index in [4.69, 9.17) is 10.00 Å². The number of rotatable bonds is 8. The van der Waals surface area contributed by atoms with Crippen molar-refractivity contribution in [2.45, 2.75) is 47.6 Å². The molecule has 2 aromatic rings. The third-order valence-electron chi connectivity index (χ3n) is 5.02. The summed E-state index contributed by atoms with van der Waals surface area (Å²) in [6.07, 6.45) is 6.22. The molecule has 2 rings (SSSR count). The summed E-state index contributed by atoms with van der Waals surface area (Å²) in [4.78, 5) is 13.5. The molecule has 30 heavy (non-hydrogen) atoms. The number of carbonyl (C=O) groups excluding carboxylic acids is 1. The first kappa shape index (κ1) is 23.0. The summed E-state index contributed by atoms with van der Waals surface area (Å²) in [6.45, 7) is 10.0. The number of hydrogen-bond donors (Lipinski definition) is 0. The minimum absolute atomic E-state index is 0.0697. The minimum atomic E-state index is -0.158. The van der Waals surface area contributed by atoms with Gasteiger partial charge in [0, 0.05) is 30.4 Å². The number of allylic oxidation sites excluding steroid dienone is 4. The topological polar surface area (TPSA) is 71.2 Å². The molecule has 0 bridgehead atoms. The molecule has 6 heteroatoms. The molecule has 0 radical (unpaired) electrons. The van der Waals surface area contributed by atoms with E-state index >= 15 is 0 Å². The zero-order chi connectivity index (χ0) is 22.3. The Labute approximate surface area is 179 Å². The highest BCUT2D eigenvalue weighted by Gasteiger charge is 2.14. The monoisotopic (exact) mass is 406 g/mol. The second kappa shape index (κ2) is 10.4. The summed E-state index contributed by atoms with van der Waals surface area (Å²) in [5, 5.41) is 13.6. The normalized spacial score (nSPS) is 12.6. The molecule has 1 unspecified atom stereocenters. The maximum atomic E-state index is 11.8. The van der Waals surface area contributed by atoms with Gasteiger partial charge >= 0.3 is 0 Å². The van der Waals surface area contributed by atoms with Gasteiger partial charge in [-0.05, 0) is 58.0 Å². The second-order valence-corrected chi connectivity index (χ2v) is 7.14. The summed E-state index contributed by atoms with van der Waals surface area (Å²) in [5.74, 6) is 0.645. The number of ether oxygens (including phenoxy) is 1. The lowest BCUT2D eigenvalue weighted by molar-refractivity contribution is -0.118. The molecule has 1 heterocycles. The lowest BCUT2D eigenvalue weighted by Gasteiger charge is -2.17.